The zero-order chi connectivity index (χ0) is 16.7. The molecule has 7 heteroatoms. The SMILES string of the molecule is COc1ccc(OCC(=O)NN=Cc2ccc(O)cc2)c(Br)c1. The molecule has 0 unspecified atom stereocenters. The number of rotatable bonds is 6. The van der Waals surface area contributed by atoms with Gasteiger partial charge in [0.1, 0.15) is 17.2 Å². The highest BCUT2D eigenvalue weighted by Crippen LogP contribution is 2.28. The molecule has 2 aromatic carbocycles. The second-order valence-electron chi connectivity index (χ2n) is 4.47. The highest BCUT2D eigenvalue weighted by molar-refractivity contribution is 9.10. The second-order valence-corrected chi connectivity index (χ2v) is 5.32. The first-order valence-corrected chi connectivity index (χ1v) is 7.45. The molecule has 0 aliphatic carbocycles. The van der Waals surface area contributed by atoms with Crippen LogP contribution in [0, 0.1) is 0 Å². The van der Waals surface area contributed by atoms with Crippen LogP contribution in [0.1, 0.15) is 5.56 Å². The van der Waals surface area contributed by atoms with Crippen molar-refractivity contribution < 1.29 is 19.4 Å². The number of benzene rings is 2. The van der Waals surface area contributed by atoms with Gasteiger partial charge in [0.2, 0.25) is 0 Å². The summed E-state index contributed by atoms with van der Waals surface area (Å²) in [6.07, 6.45) is 1.47. The molecule has 0 saturated carbocycles. The van der Waals surface area contributed by atoms with E-state index in [1.54, 1.807) is 37.4 Å². The van der Waals surface area contributed by atoms with Crippen molar-refractivity contribution in [2.45, 2.75) is 0 Å². The number of phenols is 1. The smallest absolute Gasteiger partial charge is 0.277 e. The van der Waals surface area contributed by atoms with Gasteiger partial charge in [-0.05, 0) is 64.0 Å². The largest absolute Gasteiger partial charge is 0.508 e. The normalized spacial score (nSPS) is 10.5. The van der Waals surface area contributed by atoms with E-state index in [1.165, 1.54) is 18.3 Å². The van der Waals surface area contributed by atoms with Gasteiger partial charge in [-0.1, -0.05) is 0 Å². The van der Waals surface area contributed by atoms with Crippen molar-refractivity contribution in [3.05, 3.63) is 52.5 Å². The van der Waals surface area contributed by atoms with Crippen molar-refractivity contribution in [2.24, 2.45) is 5.10 Å². The predicted octanol–water partition coefficient (Wildman–Crippen LogP) is 2.69. The number of carbonyl (C=O) groups is 1. The maximum atomic E-state index is 11.7. The van der Waals surface area contributed by atoms with Crippen molar-refractivity contribution in [2.75, 3.05) is 13.7 Å². The minimum Gasteiger partial charge on any atom is -0.508 e. The summed E-state index contributed by atoms with van der Waals surface area (Å²) >= 11 is 3.34. The van der Waals surface area contributed by atoms with E-state index in [2.05, 4.69) is 26.5 Å². The summed E-state index contributed by atoms with van der Waals surface area (Å²) in [5, 5.41) is 13.0. The van der Waals surface area contributed by atoms with Crippen molar-refractivity contribution in [3.8, 4) is 17.2 Å². The minimum atomic E-state index is -0.386. The maximum absolute atomic E-state index is 11.7. The van der Waals surface area contributed by atoms with E-state index < -0.39 is 0 Å². The molecule has 0 heterocycles. The lowest BCUT2D eigenvalue weighted by Gasteiger charge is -2.08. The topological polar surface area (TPSA) is 80.2 Å². The van der Waals surface area contributed by atoms with Crippen LogP contribution in [0.25, 0.3) is 0 Å². The third-order valence-corrected chi connectivity index (χ3v) is 3.41. The fraction of sp³-hybridized carbons (Fsp3) is 0.125. The van der Waals surface area contributed by atoms with Gasteiger partial charge in [-0.3, -0.25) is 4.79 Å². The Kier molecular flexibility index (Phi) is 5.99. The molecule has 0 aliphatic rings. The van der Waals surface area contributed by atoms with Crippen LogP contribution in [0.3, 0.4) is 0 Å². The lowest BCUT2D eigenvalue weighted by atomic mass is 10.2. The molecule has 0 radical (unpaired) electrons. The Morgan fingerprint density at radius 2 is 2.04 bits per heavy atom. The van der Waals surface area contributed by atoms with Gasteiger partial charge in [0.05, 0.1) is 17.8 Å². The van der Waals surface area contributed by atoms with E-state index in [1.807, 2.05) is 0 Å². The van der Waals surface area contributed by atoms with Crippen molar-refractivity contribution in [1.82, 2.24) is 5.43 Å². The summed E-state index contributed by atoms with van der Waals surface area (Å²) in [5.74, 6) is 1.00. The number of hydrogen-bond donors (Lipinski definition) is 2. The van der Waals surface area contributed by atoms with Crippen LogP contribution in [-0.4, -0.2) is 30.9 Å². The van der Waals surface area contributed by atoms with Crippen LogP contribution in [0.5, 0.6) is 17.2 Å². The van der Waals surface area contributed by atoms with Crippen LogP contribution in [0.4, 0.5) is 0 Å². The van der Waals surface area contributed by atoms with Gasteiger partial charge < -0.3 is 14.6 Å². The van der Waals surface area contributed by atoms with Crippen LogP contribution in [-0.2, 0) is 4.79 Å². The van der Waals surface area contributed by atoms with Crippen LogP contribution >= 0.6 is 15.9 Å². The van der Waals surface area contributed by atoms with Crippen molar-refractivity contribution in [3.63, 3.8) is 0 Å². The molecular formula is C16H15BrN2O4. The molecule has 23 heavy (non-hydrogen) atoms. The summed E-state index contributed by atoms with van der Waals surface area (Å²) in [6, 6.07) is 11.6. The van der Waals surface area contributed by atoms with Crippen molar-refractivity contribution in [1.29, 1.82) is 0 Å². The number of ether oxygens (including phenoxy) is 2. The number of halogens is 1. The Balaban J connectivity index is 1.82. The number of amides is 1. The molecule has 0 aliphatic heterocycles. The Hall–Kier alpha value is -2.54. The van der Waals surface area contributed by atoms with Gasteiger partial charge in [0.15, 0.2) is 6.61 Å². The molecule has 0 fully saturated rings. The molecule has 0 atom stereocenters. The number of hydrogen-bond acceptors (Lipinski definition) is 5. The summed E-state index contributed by atoms with van der Waals surface area (Å²) in [6.45, 7) is -0.169. The Labute approximate surface area is 141 Å². The van der Waals surface area contributed by atoms with E-state index in [0.29, 0.717) is 16.0 Å². The average molecular weight is 379 g/mol. The van der Waals surface area contributed by atoms with Crippen LogP contribution in [0.15, 0.2) is 52.0 Å². The summed E-state index contributed by atoms with van der Waals surface area (Å²) in [5.41, 5.74) is 3.11. The number of carbonyl (C=O) groups excluding carboxylic acids is 1. The number of nitrogens with one attached hydrogen (secondary N) is 1. The van der Waals surface area contributed by atoms with Gasteiger partial charge in [-0.15, -0.1) is 0 Å². The third-order valence-electron chi connectivity index (χ3n) is 2.79. The van der Waals surface area contributed by atoms with E-state index in [-0.39, 0.29) is 18.3 Å². The lowest BCUT2D eigenvalue weighted by Crippen LogP contribution is -2.24. The Bertz CT molecular complexity index is 702. The summed E-state index contributed by atoms with van der Waals surface area (Å²) < 4.78 is 11.2. The standard InChI is InChI=1S/C16H15BrN2O4/c1-22-13-6-7-15(14(17)8-13)23-10-16(21)19-18-9-11-2-4-12(20)5-3-11/h2-9,20H,10H2,1H3,(H,19,21). The van der Waals surface area contributed by atoms with Gasteiger partial charge in [-0.2, -0.15) is 5.10 Å². The molecule has 6 nitrogen and oxygen atoms in total. The molecule has 0 saturated heterocycles. The fourth-order valence-corrected chi connectivity index (χ4v) is 2.11. The number of phenolic OH excluding ortho intramolecular Hbond substituents is 1. The van der Waals surface area contributed by atoms with Crippen LogP contribution in [0.2, 0.25) is 0 Å². The molecular weight excluding hydrogens is 364 g/mol. The number of aromatic hydroxyl groups is 1. The minimum absolute atomic E-state index is 0.169. The fourth-order valence-electron chi connectivity index (χ4n) is 1.64. The zero-order valence-electron chi connectivity index (χ0n) is 12.3. The van der Waals surface area contributed by atoms with Crippen molar-refractivity contribution >= 4 is 28.1 Å². The molecule has 120 valence electrons. The second kappa shape index (κ2) is 8.19. The molecule has 1 amide bonds. The van der Waals surface area contributed by atoms with Gasteiger partial charge in [0, 0.05) is 0 Å². The first kappa shape index (κ1) is 16.8. The first-order valence-electron chi connectivity index (χ1n) is 6.66. The molecule has 2 N–H and O–H groups in total. The highest BCUT2D eigenvalue weighted by Gasteiger charge is 2.06. The average Bonchev–Trinajstić information content (AvgIpc) is 2.55. The highest BCUT2D eigenvalue weighted by atomic mass is 79.9. The maximum Gasteiger partial charge on any atom is 0.277 e. The monoisotopic (exact) mass is 378 g/mol. The number of nitrogens with zero attached hydrogens (tertiary/aromatic N) is 1. The summed E-state index contributed by atoms with van der Waals surface area (Å²) in [7, 11) is 1.57. The van der Waals surface area contributed by atoms with E-state index >= 15 is 0 Å². The van der Waals surface area contributed by atoms with E-state index in [4.69, 9.17) is 14.6 Å². The van der Waals surface area contributed by atoms with Crippen LogP contribution < -0.4 is 14.9 Å². The molecule has 0 bridgehead atoms. The molecule has 2 rings (SSSR count). The quantitative estimate of drug-likeness (QED) is 0.598. The van der Waals surface area contributed by atoms with E-state index in [9.17, 15) is 4.79 Å². The number of hydrazone groups is 1. The molecule has 2 aromatic rings. The molecule has 0 aromatic heterocycles. The Morgan fingerprint density at radius 3 is 2.70 bits per heavy atom. The Morgan fingerprint density at radius 1 is 1.30 bits per heavy atom. The molecule has 0 spiro atoms. The zero-order valence-corrected chi connectivity index (χ0v) is 13.9. The van der Waals surface area contributed by atoms with E-state index in [0.717, 1.165) is 5.56 Å². The lowest BCUT2D eigenvalue weighted by molar-refractivity contribution is -0.123. The number of methoxy groups -OCH3 is 1. The van der Waals surface area contributed by atoms with Gasteiger partial charge in [0.25, 0.3) is 5.91 Å². The summed E-state index contributed by atoms with van der Waals surface area (Å²) in [4.78, 5) is 11.7. The van der Waals surface area contributed by atoms with Gasteiger partial charge in [-0.25, -0.2) is 5.43 Å². The van der Waals surface area contributed by atoms with Gasteiger partial charge >= 0.3 is 0 Å². The third kappa shape index (κ3) is 5.30. The first-order chi connectivity index (χ1) is 11.1. The predicted molar refractivity (Wildman–Crippen MR) is 90.0 cm³/mol.